The number of fused-ring (bicyclic) bond motifs is 5. The van der Waals surface area contributed by atoms with Crippen LogP contribution < -0.4 is 10.6 Å². The molecule has 3 saturated heterocycles. The molecule has 0 saturated carbocycles. The van der Waals surface area contributed by atoms with E-state index in [9.17, 15) is 4.79 Å². The molecule has 0 aromatic heterocycles. The third-order valence-corrected chi connectivity index (χ3v) is 5.43. The molecule has 4 atom stereocenters. The fourth-order valence-corrected chi connectivity index (χ4v) is 4.35. The monoisotopic (exact) mass is 456 g/mol. The van der Waals surface area contributed by atoms with E-state index in [0.29, 0.717) is 24.0 Å². The molecule has 0 radical (unpaired) electrons. The summed E-state index contributed by atoms with van der Waals surface area (Å²) in [4.78, 5) is 18.7. The maximum Gasteiger partial charge on any atom is 0.243 e. The predicted octanol–water partition coefficient (Wildman–Crippen LogP) is 1.93. The van der Waals surface area contributed by atoms with Gasteiger partial charge in [0.25, 0.3) is 0 Å². The SMILES string of the molecule is CN=C(NCC(=O)Nc1ccccc1)N1CC2C3CCC(O3)C2C1.I. The van der Waals surface area contributed by atoms with Crippen molar-refractivity contribution in [3.63, 3.8) is 0 Å². The number of carbonyl (C=O) groups excluding carboxylic acids is 1. The Labute approximate surface area is 165 Å². The molecule has 25 heavy (non-hydrogen) atoms. The Kier molecular flexibility index (Phi) is 5.83. The van der Waals surface area contributed by atoms with Gasteiger partial charge in [-0.25, -0.2) is 0 Å². The van der Waals surface area contributed by atoms with E-state index in [-0.39, 0.29) is 36.4 Å². The van der Waals surface area contributed by atoms with Crippen molar-refractivity contribution in [2.75, 3.05) is 32.0 Å². The number of hydrogen-bond donors (Lipinski definition) is 2. The second kappa shape index (κ2) is 7.90. The van der Waals surface area contributed by atoms with E-state index >= 15 is 0 Å². The summed E-state index contributed by atoms with van der Waals surface area (Å²) in [6, 6.07) is 9.49. The number of carbonyl (C=O) groups is 1. The molecule has 3 heterocycles. The Morgan fingerprint density at radius 2 is 1.84 bits per heavy atom. The van der Waals surface area contributed by atoms with Crippen molar-refractivity contribution in [2.45, 2.75) is 25.0 Å². The van der Waals surface area contributed by atoms with Gasteiger partial charge in [-0.2, -0.15) is 0 Å². The number of nitrogens with zero attached hydrogens (tertiary/aromatic N) is 2. The zero-order valence-corrected chi connectivity index (χ0v) is 16.7. The number of guanidine groups is 1. The van der Waals surface area contributed by atoms with Crippen LogP contribution in [0.25, 0.3) is 0 Å². The van der Waals surface area contributed by atoms with Crippen molar-refractivity contribution in [2.24, 2.45) is 16.8 Å². The minimum atomic E-state index is -0.0647. The molecule has 7 heteroatoms. The Balaban J connectivity index is 0.00000182. The Hall–Kier alpha value is -1.35. The van der Waals surface area contributed by atoms with E-state index < -0.39 is 0 Å². The van der Waals surface area contributed by atoms with Crippen LogP contribution in [0.3, 0.4) is 0 Å². The highest BCUT2D eigenvalue weighted by Crippen LogP contribution is 2.47. The van der Waals surface area contributed by atoms with Crippen LogP contribution in [0.4, 0.5) is 5.69 Å². The van der Waals surface area contributed by atoms with Gasteiger partial charge in [0.2, 0.25) is 5.91 Å². The second-order valence-electron chi connectivity index (χ2n) is 6.84. The van der Waals surface area contributed by atoms with E-state index in [1.165, 1.54) is 12.8 Å². The topological polar surface area (TPSA) is 66.0 Å². The first-order chi connectivity index (χ1) is 11.7. The molecule has 4 unspecified atom stereocenters. The van der Waals surface area contributed by atoms with Gasteiger partial charge in [0, 0.05) is 37.7 Å². The lowest BCUT2D eigenvalue weighted by Gasteiger charge is -2.23. The first kappa shape index (κ1) is 18.4. The third kappa shape index (κ3) is 3.76. The van der Waals surface area contributed by atoms with Crippen LogP contribution in [0.2, 0.25) is 0 Å². The molecule has 3 aliphatic rings. The van der Waals surface area contributed by atoms with Gasteiger partial charge in [-0.05, 0) is 25.0 Å². The molecular formula is C18H25IN4O2. The Morgan fingerprint density at radius 3 is 2.44 bits per heavy atom. The summed E-state index contributed by atoms with van der Waals surface area (Å²) in [6.07, 6.45) is 3.27. The van der Waals surface area contributed by atoms with Gasteiger partial charge in [-0.1, -0.05) is 18.2 Å². The number of rotatable bonds is 3. The van der Waals surface area contributed by atoms with E-state index in [2.05, 4.69) is 20.5 Å². The van der Waals surface area contributed by atoms with Crippen LogP contribution >= 0.6 is 24.0 Å². The first-order valence-corrected chi connectivity index (χ1v) is 8.70. The molecule has 2 N–H and O–H groups in total. The molecule has 3 aliphatic heterocycles. The van der Waals surface area contributed by atoms with Gasteiger partial charge in [-0.3, -0.25) is 9.79 Å². The van der Waals surface area contributed by atoms with E-state index in [1.54, 1.807) is 7.05 Å². The number of ether oxygens (including phenoxy) is 1. The lowest BCUT2D eigenvalue weighted by molar-refractivity contribution is -0.115. The second-order valence-corrected chi connectivity index (χ2v) is 6.84. The van der Waals surface area contributed by atoms with Crippen LogP contribution in [-0.4, -0.2) is 55.7 Å². The lowest BCUT2D eigenvalue weighted by atomic mass is 9.82. The quantitative estimate of drug-likeness (QED) is 0.415. The largest absolute Gasteiger partial charge is 0.374 e. The number of para-hydroxylation sites is 1. The molecule has 1 aromatic rings. The fraction of sp³-hybridized carbons (Fsp3) is 0.556. The van der Waals surface area contributed by atoms with Gasteiger partial charge in [0.15, 0.2) is 5.96 Å². The zero-order chi connectivity index (χ0) is 16.5. The van der Waals surface area contributed by atoms with Crippen LogP contribution in [0.1, 0.15) is 12.8 Å². The number of likely N-dealkylation sites (tertiary alicyclic amines) is 1. The van der Waals surface area contributed by atoms with Gasteiger partial charge in [0.1, 0.15) is 0 Å². The van der Waals surface area contributed by atoms with Gasteiger partial charge in [-0.15, -0.1) is 24.0 Å². The smallest absolute Gasteiger partial charge is 0.243 e. The van der Waals surface area contributed by atoms with E-state index in [4.69, 9.17) is 4.74 Å². The van der Waals surface area contributed by atoms with Crippen molar-refractivity contribution in [3.8, 4) is 0 Å². The summed E-state index contributed by atoms with van der Waals surface area (Å²) in [5.41, 5.74) is 0.809. The van der Waals surface area contributed by atoms with Crippen LogP contribution in [0, 0.1) is 11.8 Å². The van der Waals surface area contributed by atoms with Gasteiger partial charge >= 0.3 is 0 Å². The zero-order valence-electron chi connectivity index (χ0n) is 14.4. The minimum absolute atomic E-state index is 0. The predicted molar refractivity (Wildman–Crippen MR) is 108 cm³/mol. The highest BCUT2D eigenvalue weighted by molar-refractivity contribution is 14.0. The Morgan fingerprint density at radius 1 is 1.20 bits per heavy atom. The molecular weight excluding hydrogens is 431 g/mol. The average molecular weight is 456 g/mol. The van der Waals surface area contributed by atoms with Gasteiger partial charge < -0.3 is 20.3 Å². The maximum atomic E-state index is 12.1. The molecule has 0 aliphatic carbocycles. The number of anilines is 1. The van der Waals surface area contributed by atoms with Gasteiger partial charge in [0.05, 0.1) is 18.8 Å². The summed E-state index contributed by atoms with van der Waals surface area (Å²) in [7, 11) is 1.77. The number of halogens is 1. The lowest BCUT2D eigenvalue weighted by Crippen LogP contribution is -2.44. The fourth-order valence-electron chi connectivity index (χ4n) is 4.35. The molecule has 4 rings (SSSR count). The highest BCUT2D eigenvalue weighted by Gasteiger charge is 2.53. The highest BCUT2D eigenvalue weighted by atomic mass is 127. The molecule has 1 amide bonds. The summed E-state index contributed by atoms with van der Waals surface area (Å²) in [5.74, 6) is 2.00. The van der Waals surface area contributed by atoms with Crippen LogP contribution in [0.5, 0.6) is 0 Å². The molecule has 1 aromatic carbocycles. The number of benzene rings is 1. The summed E-state index contributed by atoms with van der Waals surface area (Å²) in [6.45, 7) is 2.17. The van der Waals surface area contributed by atoms with Crippen molar-refractivity contribution < 1.29 is 9.53 Å². The third-order valence-electron chi connectivity index (χ3n) is 5.43. The molecule has 0 spiro atoms. The number of amides is 1. The summed E-state index contributed by atoms with van der Waals surface area (Å²) >= 11 is 0. The maximum absolute atomic E-state index is 12.1. The molecule has 136 valence electrons. The van der Waals surface area contributed by atoms with Crippen molar-refractivity contribution in [3.05, 3.63) is 30.3 Å². The Bertz CT molecular complexity index is 621. The first-order valence-electron chi connectivity index (χ1n) is 8.70. The number of aliphatic imine (C=N–C) groups is 1. The van der Waals surface area contributed by atoms with E-state index in [0.717, 1.165) is 24.7 Å². The van der Waals surface area contributed by atoms with Crippen molar-refractivity contribution >= 4 is 41.5 Å². The average Bonchev–Trinajstić information content (AvgIpc) is 3.29. The summed E-state index contributed by atoms with van der Waals surface area (Å²) < 4.78 is 6.01. The number of hydrogen-bond acceptors (Lipinski definition) is 3. The van der Waals surface area contributed by atoms with Crippen molar-refractivity contribution in [1.82, 2.24) is 10.2 Å². The molecule has 6 nitrogen and oxygen atoms in total. The number of nitrogens with one attached hydrogen (secondary N) is 2. The summed E-state index contributed by atoms with van der Waals surface area (Å²) in [5, 5.41) is 6.07. The van der Waals surface area contributed by atoms with Crippen molar-refractivity contribution in [1.29, 1.82) is 0 Å². The van der Waals surface area contributed by atoms with Crippen LogP contribution in [-0.2, 0) is 9.53 Å². The molecule has 3 fully saturated rings. The normalized spacial score (nSPS) is 30.0. The van der Waals surface area contributed by atoms with E-state index in [1.807, 2.05) is 30.3 Å². The standard InChI is InChI=1S/C18H24N4O2.HI/c1-19-18(20-9-17(23)21-12-5-3-2-4-6-12)22-10-13-14(11-22)16-8-7-15(13)24-16;/h2-6,13-16H,7-11H2,1H3,(H,19,20)(H,21,23);1H. The molecule has 2 bridgehead atoms. The minimum Gasteiger partial charge on any atom is -0.374 e. The van der Waals surface area contributed by atoms with Crippen LogP contribution in [0.15, 0.2) is 35.3 Å².